The maximum absolute atomic E-state index is 12.3. The smallest absolute Gasteiger partial charge is 0.306 e. The van der Waals surface area contributed by atoms with Crippen LogP contribution in [0.1, 0.15) is 48.9 Å². The average Bonchev–Trinajstić information content (AvgIpc) is 2.69. The molecule has 0 heterocycles. The summed E-state index contributed by atoms with van der Waals surface area (Å²) in [5.41, 5.74) is 2.70. The standard InChI is InChI=1S/C22H22O4/c23-19(14-15-22(25)26-21-9-5-4-8-20(21)24)18-12-10-17(11-13-18)16-6-2-1-3-7-16/h1-3,6-7,10-13,21H,4-5,8-9,14-15H2/t21-/m1/s1. The van der Waals surface area contributed by atoms with Crippen LogP contribution < -0.4 is 0 Å². The van der Waals surface area contributed by atoms with E-state index in [1.54, 1.807) is 12.1 Å². The van der Waals surface area contributed by atoms with Crippen LogP contribution in [0.2, 0.25) is 0 Å². The molecule has 0 spiro atoms. The van der Waals surface area contributed by atoms with E-state index in [1.807, 2.05) is 42.5 Å². The molecule has 1 aliphatic carbocycles. The lowest BCUT2D eigenvalue weighted by Crippen LogP contribution is -2.30. The summed E-state index contributed by atoms with van der Waals surface area (Å²) >= 11 is 0. The van der Waals surface area contributed by atoms with Gasteiger partial charge in [0, 0.05) is 18.4 Å². The molecule has 3 rings (SSSR count). The topological polar surface area (TPSA) is 60.4 Å². The van der Waals surface area contributed by atoms with Crippen LogP contribution in [-0.2, 0) is 14.3 Å². The van der Waals surface area contributed by atoms with Crippen molar-refractivity contribution in [1.29, 1.82) is 0 Å². The van der Waals surface area contributed by atoms with Crippen molar-refractivity contribution < 1.29 is 19.1 Å². The highest BCUT2D eigenvalue weighted by molar-refractivity contribution is 5.98. The molecule has 4 nitrogen and oxygen atoms in total. The summed E-state index contributed by atoms with van der Waals surface area (Å²) in [5.74, 6) is -0.580. The molecule has 0 amide bonds. The van der Waals surface area contributed by atoms with Gasteiger partial charge in [0.1, 0.15) is 0 Å². The zero-order valence-corrected chi connectivity index (χ0v) is 14.6. The van der Waals surface area contributed by atoms with Crippen LogP contribution in [0.15, 0.2) is 54.6 Å². The fraction of sp³-hybridized carbons (Fsp3) is 0.318. The van der Waals surface area contributed by atoms with Crippen LogP contribution in [0, 0.1) is 0 Å². The van der Waals surface area contributed by atoms with Crippen LogP contribution in [0.5, 0.6) is 0 Å². The summed E-state index contributed by atoms with van der Waals surface area (Å²) < 4.78 is 5.23. The second kappa shape index (κ2) is 8.56. The van der Waals surface area contributed by atoms with Crippen molar-refractivity contribution in [1.82, 2.24) is 0 Å². The fourth-order valence-corrected chi connectivity index (χ4v) is 3.13. The molecule has 1 fully saturated rings. The molecular weight excluding hydrogens is 328 g/mol. The van der Waals surface area contributed by atoms with Gasteiger partial charge in [-0.15, -0.1) is 0 Å². The second-order valence-corrected chi connectivity index (χ2v) is 6.56. The Labute approximate surface area is 153 Å². The predicted octanol–water partition coefficient (Wildman–Crippen LogP) is 4.37. The summed E-state index contributed by atoms with van der Waals surface area (Å²) in [6, 6.07) is 17.3. The maximum Gasteiger partial charge on any atom is 0.306 e. The van der Waals surface area contributed by atoms with E-state index < -0.39 is 12.1 Å². The van der Waals surface area contributed by atoms with E-state index in [1.165, 1.54) is 0 Å². The van der Waals surface area contributed by atoms with E-state index in [2.05, 4.69) is 0 Å². The minimum absolute atomic E-state index is 0.00303. The Kier molecular flexibility index (Phi) is 5.95. The van der Waals surface area contributed by atoms with Crippen LogP contribution in [0.3, 0.4) is 0 Å². The van der Waals surface area contributed by atoms with Crippen LogP contribution in [0.4, 0.5) is 0 Å². The van der Waals surface area contributed by atoms with Crippen LogP contribution in [0.25, 0.3) is 11.1 Å². The van der Waals surface area contributed by atoms with Crippen LogP contribution in [-0.4, -0.2) is 23.6 Å². The van der Waals surface area contributed by atoms with E-state index in [0.29, 0.717) is 18.4 Å². The molecule has 0 unspecified atom stereocenters. The number of ether oxygens (including phenoxy) is 1. The molecule has 134 valence electrons. The van der Waals surface area contributed by atoms with E-state index in [0.717, 1.165) is 24.0 Å². The number of hydrogen-bond donors (Lipinski definition) is 0. The zero-order valence-electron chi connectivity index (χ0n) is 14.6. The van der Waals surface area contributed by atoms with Gasteiger partial charge in [0.15, 0.2) is 17.7 Å². The number of carbonyl (C=O) groups is 3. The van der Waals surface area contributed by atoms with Crippen molar-refractivity contribution in [2.45, 2.75) is 44.6 Å². The number of carbonyl (C=O) groups excluding carboxylic acids is 3. The molecule has 1 aliphatic rings. The molecule has 2 aromatic carbocycles. The molecule has 1 atom stereocenters. The molecule has 4 heteroatoms. The van der Waals surface area contributed by atoms with Crippen molar-refractivity contribution in [2.24, 2.45) is 0 Å². The van der Waals surface area contributed by atoms with Gasteiger partial charge in [-0.2, -0.15) is 0 Å². The van der Waals surface area contributed by atoms with Gasteiger partial charge in [-0.25, -0.2) is 0 Å². The third kappa shape index (κ3) is 4.66. The summed E-state index contributed by atoms with van der Waals surface area (Å²) in [5, 5.41) is 0. The Morgan fingerprint density at radius 2 is 1.58 bits per heavy atom. The first-order chi connectivity index (χ1) is 12.6. The van der Waals surface area contributed by atoms with E-state index in [9.17, 15) is 14.4 Å². The summed E-state index contributed by atoms with van der Waals surface area (Å²) in [6.45, 7) is 0. The normalized spacial score (nSPS) is 16.9. The highest BCUT2D eigenvalue weighted by atomic mass is 16.5. The number of rotatable bonds is 6. The number of benzene rings is 2. The molecule has 26 heavy (non-hydrogen) atoms. The minimum Gasteiger partial charge on any atom is -0.454 e. The molecule has 0 bridgehead atoms. The van der Waals surface area contributed by atoms with Gasteiger partial charge in [0.25, 0.3) is 0 Å². The quantitative estimate of drug-likeness (QED) is 0.573. The van der Waals surface area contributed by atoms with Gasteiger partial charge in [0.2, 0.25) is 0 Å². The van der Waals surface area contributed by atoms with Crippen molar-refractivity contribution in [3.63, 3.8) is 0 Å². The molecule has 0 radical (unpaired) electrons. The number of ketones is 2. The second-order valence-electron chi connectivity index (χ2n) is 6.56. The van der Waals surface area contributed by atoms with E-state index >= 15 is 0 Å². The van der Waals surface area contributed by atoms with Crippen LogP contribution >= 0.6 is 0 Å². The van der Waals surface area contributed by atoms with Gasteiger partial charge in [-0.3, -0.25) is 14.4 Å². The molecular formula is C22H22O4. The first-order valence-electron chi connectivity index (χ1n) is 9.04. The largest absolute Gasteiger partial charge is 0.454 e. The minimum atomic E-state index is -0.614. The molecule has 2 aromatic rings. The number of hydrogen-bond acceptors (Lipinski definition) is 4. The third-order valence-corrected chi connectivity index (χ3v) is 4.64. The first kappa shape index (κ1) is 18.1. The SMILES string of the molecule is O=C(CCC(=O)c1ccc(-c2ccccc2)cc1)O[C@@H]1CCCCC1=O. The van der Waals surface area contributed by atoms with E-state index in [-0.39, 0.29) is 24.4 Å². The van der Waals surface area contributed by atoms with Crippen molar-refractivity contribution in [2.75, 3.05) is 0 Å². The molecule has 1 saturated carbocycles. The van der Waals surface area contributed by atoms with Gasteiger partial charge < -0.3 is 4.74 Å². The molecule has 0 aliphatic heterocycles. The molecule has 0 saturated heterocycles. The lowest BCUT2D eigenvalue weighted by atomic mass is 9.96. The average molecular weight is 350 g/mol. The Morgan fingerprint density at radius 3 is 2.27 bits per heavy atom. The van der Waals surface area contributed by atoms with Gasteiger partial charge in [-0.1, -0.05) is 54.6 Å². The lowest BCUT2D eigenvalue weighted by Gasteiger charge is -2.20. The Hall–Kier alpha value is -2.75. The fourth-order valence-electron chi connectivity index (χ4n) is 3.13. The van der Waals surface area contributed by atoms with Gasteiger partial charge in [-0.05, 0) is 30.4 Å². The summed E-state index contributed by atoms with van der Waals surface area (Å²) in [4.78, 5) is 35.9. The third-order valence-electron chi connectivity index (χ3n) is 4.64. The van der Waals surface area contributed by atoms with Gasteiger partial charge in [0.05, 0.1) is 6.42 Å². The zero-order chi connectivity index (χ0) is 18.4. The van der Waals surface area contributed by atoms with Crippen molar-refractivity contribution in [3.05, 3.63) is 60.2 Å². The first-order valence-corrected chi connectivity index (χ1v) is 9.04. The van der Waals surface area contributed by atoms with Crippen molar-refractivity contribution >= 4 is 17.5 Å². The summed E-state index contributed by atoms with van der Waals surface area (Å²) in [6.07, 6.45) is 2.31. The van der Waals surface area contributed by atoms with Gasteiger partial charge >= 0.3 is 5.97 Å². The number of esters is 1. The Bertz CT molecular complexity index is 778. The predicted molar refractivity (Wildman–Crippen MR) is 98.8 cm³/mol. The van der Waals surface area contributed by atoms with Crippen molar-refractivity contribution in [3.8, 4) is 11.1 Å². The monoisotopic (exact) mass is 350 g/mol. The maximum atomic E-state index is 12.3. The Balaban J connectivity index is 1.51. The molecule has 0 N–H and O–H groups in total. The molecule has 0 aromatic heterocycles. The summed E-state index contributed by atoms with van der Waals surface area (Å²) in [7, 11) is 0. The number of Topliss-reactive ketones (excluding diaryl/α,β-unsaturated/α-hetero) is 2. The Morgan fingerprint density at radius 1 is 0.885 bits per heavy atom. The highest BCUT2D eigenvalue weighted by Crippen LogP contribution is 2.21. The lowest BCUT2D eigenvalue weighted by molar-refractivity contribution is -0.156. The highest BCUT2D eigenvalue weighted by Gasteiger charge is 2.25. The van der Waals surface area contributed by atoms with E-state index in [4.69, 9.17) is 4.74 Å².